The Balaban J connectivity index is 4.15. The number of rotatable bonds is 14. The van der Waals surface area contributed by atoms with E-state index in [1.807, 2.05) is 13.8 Å². The summed E-state index contributed by atoms with van der Waals surface area (Å²) in [4.78, 5) is 0. The molecule has 0 heterocycles. The summed E-state index contributed by atoms with van der Waals surface area (Å²) < 4.78 is 11.4. The molecule has 0 saturated carbocycles. The van der Waals surface area contributed by atoms with Crippen LogP contribution >= 0.6 is 0 Å². The van der Waals surface area contributed by atoms with Gasteiger partial charge in [0, 0.05) is 18.9 Å². The summed E-state index contributed by atoms with van der Waals surface area (Å²) in [5, 5.41) is 18.6. The van der Waals surface area contributed by atoms with Crippen LogP contribution in [0.25, 0.3) is 0 Å². The molecule has 2 N–H and O–H groups in total. The first-order chi connectivity index (χ1) is 10.9. The number of hydrogen-bond donors (Lipinski definition) is 2. The minimum Gasteiger partial charge on any atom is -0.396 e. The molecule has 0 aromatic heterocycles. The van der Waals surface area contributed by atoms with Crippen molar-refractivity contribution in [1.29, 1.82) is 0 Å². The largest absolute Gasteiger partial charge is 0.396 e. The van der Waals surface area contributed by atoms with Gasteiger partial charge in [-0.1, -0.05) is 43.4 Å². The molecule has 23 heavy (non-hydrogen) atoms. The SMILES string of the molecule is C=CC(=C)CCCC=C(C)COC(CC(C)O)OC[C@@H](C)CO. The highest BCUT2D eigenvalue weighted by Crippen LogP contribution is 2.11. The van der Waals surface area contributed by atoms with Crippen molar-refractivity contribution >= 4 is 0 Å². The lowest BCUT2D eigenvalue weighted by Gasteiger charge is -2.21. The summed E-state index contributed by atoms with van der Waals surface area (Å²) in [6.07, 6.45) is 6.42. The molecule has 0 amide bonds. The molecule has 0 aromatic carbocycles. The molecule has 0 aliphatic rings. The predicted octanol–water partition coefficient (Wildman–Crippen LogP) is 3.60. The highest BCUT2D eigenvalue weighted by atomic mass is 16.7. The number of unbranched alkanes of at least 4 members (excludes halogenated alkanes) is 1. The van der Waals surface area contributed by atoms with E-state index in [0.29, 0.717) is 19.6 Å². The van der Waals surface area contributed by atoms with Gasteiger partial charge >= 0.3 is 0 Å². The molecule has 0 aromatic rings. The highest BCUT2D eigenvalue weighted by molar-refractivity contribution is 5.10. The summed E-state index contributed by atoms with van der Waals surface area (Å²) in [7, 11) is 0. The second-order valence-electron chi connectivity index (χ2n) is 6.25. The van der Waals surface area contributed by atoms with Gasteiger partial charge in [-0.3, -0.25) is 0 Å². The molecule has 0 fully saturated rings. The van der Waals surface area contributed by atoms with E-state index in [4.69, 9.17) is 14.6 Å². The second kappa shape index (κ2) is 13.5. The van der Waals surface area contributed by atoms with Crippen molar-refractivity contribution in [1.82, 2.24) is 0 Å². The van der Waals surface area contributed by atoms with Gasteiger partial charge in [0.2, 0.25) is 0 Å². The third-order valence-electron chi connectivity index (χ3n) is 3.39. The predicted molar refractivity (Wildman–Crippen MR) is 95.2 cm³/mol. The van der Waals surface area contributed by atoms with Gasteiger partial charge in [-0.15, -0.1) is 0 Å². The van der Waals surface area contributed by atoms with Gasteiger partial charge in [0.15, 0.2) is 6.29 Å². The Morgan fingerprint density at radius 1 is 1.26 bits per heavy atom. The first-order valence-electron chi connectivity index (χ1n) is 8.37. The van der Waals surface area contributed by atoms with Crippen LogP contribution in [0.5, 0.6) is 0 Å². The minimum absolute atomic E-state index is 0.0599. The Labute approximate surface area is 141 Å². The molecule has 4 nitrogen and oxygen atoms in total. The Morgan fingerprint density at radius 2 is 1.96 bits per heavy atom. The molecule has 0 aliphatic heterocycles. The van der Waals surface area contributed by atoms with Gasteiger partial charge in [0.25, 0.3) is 0 Å². The fourth-order valence-electron chi connectivity index (χ4n) is 1.85. The maximum Gasteiger partial charge on any atom is 0.160 e. The summed E-state index contributed by atoms with van der Waals surface area (Å²) in [5.74, 6) is 0.0599. The molecular formula is C19H34O4. The van der Waals surface area contributed by atoms with Crippen LogP contribution in [0.15, 0.2) is 36.5 Å². The Bertz CT molecular complexity index is 360. The molecule has 0 rings (SSSR count). The van der Waals surface area contributed by atoms with Crippen molar-refractivity contribution in [3.05, 3.63) is 36.5 Å². The Hall–Kier alpha value is -0.940. The van der Waals surface area contributed by atoms with Crippen molar-refractivity contribution in [3.8, 4) is 0 Å². The van der Waals surface area contributed by atoms with E-state index in [1.54, 1.807) is 13.0 Å². The first-order valence-corrected chi connectivity index (χ1v) is 8.37. The average molecular weight is 326 g/mol. The van der Waals surface area contributed by atoms with Crippen molar-refractivity contribution in [2.45, 2.75) is 58.8 Å². The molecule has 3 atom stereocenters. The zero-order valence-corrected chi connectivity index (χ0v) is 15.0. The molecular weight excluding hydrogens is 292 g/mol. The number of hydrogen-bond acceptors (Lipinski definition) is 4. The third kappa shape index (κ3) is 13.2. The number of aliphatic hydroxyl groups excluding tert-OH is 2. The lowest BCUT2D eigenvalue weighted by atomic mass is 10.1. The van der Waals surface area contributed by atoms with Crippen molar-refractivity contribution in [2.75, 3.05) is 19.8 Å². The summed E-state index contributed by atoms with van der Waals surface area (Å²) >= 11 is 0. The van der Waals surface area contributed by atoms with E-state index in [9.17, 15) is 5.11 Å². The van der Waals surface area contributed by atoms with Gasteiger partial charge in [-0.25, -0.2) is 0 Å². The molecule has 0 radical (unpaired) electrons. The number of aliphatic hydroxyl groups is 2. The Kier molecular flexibility index (Phi) is 12.9. The van der Waals surface area contributed by atoms with E-state index in [2.05, 4.69) is 19.2 Å². The zero-order valence-electron chi connectivity index (χ0n) is 15.0. The van der Waals surface area contributed by atoms with Gasteiger partial charge in [0.1, 0.15) is 0 Å². The topological polar surface area (TPSA) is 58.9 Å². The maximum atomic E-state index is 9.52. The highest BCUT2D eigenvalue weighted by Gasteiger charge is 2.14. The normalized spacial score (nSPS) is 16.0. The van der Waals surface area contributed by atoms with Crippen LogP contribution < -0.4 is 0 Å². The first kappa shape index (κ1) is 22.1. The molecule has 2 unspecified atom stereocenters. The van der Waals surface area contributed by atoms with Gasteiger partial charge in [-0.2, -0.15) is 0 Å². The van der Waals surface area contributed by atoms with Crippen LogP contribution in [0.4, 0.5) is 0 Å². The quantitative estimate of drug-likeness (QED) is 0.222. The smallest absolute Gasteiger partial charge is 0.160 e. The van der Waals surface area contributed by atoms with Crippen LogP contribution in [0, 0.1) is 5.92 Å². The number of allylic oxidation sites excluding steroid dienone is 3. The lowest BCUT2D eigenvalue weighted by molar-refractivity contribution is -0.159. The summed E-state index contributed by atoms with van der Waals surface area (Å²) in [5.41, 5.74) is 2.21. The van der Waals surface area contributed by atoms with Crippen molar-refractivity contribution in [3.63, 3.8) is 0 Å². The van der Waals surface area contributed by atoms with Crippen LogP contribution in [0.1, 0.15) is 46.5 Å². The summed E-state index contributed by atoms with van der Waals surface area (Å²) in [6.45, 7) is 14.2. The fraction of sp³-hybridized carbons (Fsp3) is 0.684. The van der Waals surface area contributed by atoms with Gasteiger partial charge < -0.3 is 19.7 Å². The van der Waals surface area contributed by atoms with Crippen LogP contribution in [0.3, 0.4) is 0 Å². The fourth-order valence-corrected chi connectivity index (χ4v) is 1.85. The third-order valence-corrected chi connectivity index (χ3v) is 3.39. The van der Waals surface area contributed by atoms with Crippen molar-refractivity contribution < 1.29 is 19.7 Å². The van der Waals surface area contributed by atoms with Gasteiger partial charge in [-0.05, 0) is 33.1 Å². The number of ether oxygens (including phenoxy) is 2. The minimum atomic E-state index is -0.487. The van der Waals surface area contributed by atoms with Crippen LogP contribution in [-0.4, -0.2) is 42.4 Å². The van der Waals surface area contributed by atoms with E-state index < -0.39 is 12.4 Å². The molecule has 0 aliphatic carbocycles. The average Bonchev–Trinajstić information content (AvgIpc) is 2.52. The lowest BCUT2D eigenvalue weighted by Crippen LogP contribution is -2.26. The standard InChI is InChI=1S/C19H34O4/c1-6-15(2)9-7-8-10-16(3)13-22-19(11-18(5)21)23-14-17(4)12-20/h6,10,17-21H,1-2,7-9,11-14H2,3-5H3/t17-,18?,19?/m0/s1. The Morgan fingerprint density at radius 3 is 2.52 bits per heavy atom. The maximum absolute atomic E-state index is 9.52. The van der Waals surface area contributed by atoms with Gasteiger partial charge in [0.05, 0.1) is 19.3 Å². The monoisotopic (exact) mass is 326 g/mol. The van der Waals surface area contributed by atoms with E-state index >= 15 is 0 Å². The van der Waals surface area contributed by atoms with Crippen molar-refractivity contribution in [2.24, 2.45) is 5.92 Å². The van der Waals surface area contributed by atoms with E-state index in [-0.39, 0.29) is 12.5 Å². The molecule has 0 bridgehead atoms. The zero-order chi connectivity index (χ0) is 17.7. The summed E-state index contributed by atoms with van der Waals surface area (Å²) in [6, 6.07) is 0. The molecule has 4 heteroatoms. The van der Waals surface area contributed by atoms with Crippen LogP contribution in [0.2, 0.25) is 0 Å². The molecule has 0 saturated heterocycles. The molecule has 134 valence electrons. The second-order valence-corrected chi connectivity index (χ2v) is 6.25. The van der Waals surface area contributed by atoms with E-state index in [1.165, 1.54) is 0 Å². The molecule has 0 spiro atoms. The van der Waals surface area contributed by atoms with Crippen LogP contribution in [-0.2, 0) is 9.47 Å². The van der Waals surface area contributed by atoms with E-state index in [0.717, 1.165) is 30.4 Å².